The Morgan fingerprint density at radius 1 is 1.72 bits per heavy atom. The summed E-state index contributed by atoms with van der Waals surface area (Å²) in [5, 5.41) is 9.49. The molecule has 2 atom stereocenters. The van der Waals surface area contributed by atoms with E-state index in [0.717, 1.165) is 25.8 Å². The molecule has 5 heteroatoms. The zero-order valence-corrected chi connectivity index (χ0v) is 10.8. The lowest BCUT2D eigenvalue weighted by Gasteiger charge is -2.09. The molecule has 18 heavy (non-hydrogen) atoms. The molecule has 1 fully saturated rings. The van der Waals surface area contributed by atoms with E-state index < -0.39 is 11.4 Å². The first kappa shape index (κ1) is 13.1. The number of rotatable bonds is 7. The van der Waals surface area contributed by atoms with Crippen LogP contribution in [0.3, 0.4) is 0 Å². The zero-order valence-electron chi connectivity index (χ0n) is 10.8. The number of nitrogens with zero attached hydrogens (tertiary/aromatic N) is 2. The molecule has 0 aromatic carbocycles. The summed E-state index contributed by atoms with van der Waals surface area (Å²) in [4.78, 5) is 15.8. The van der Waals surface area contributed by atoms with Gasteiger partial charge in [0.2, 0.25) is 0 Å². The molecule has 2 rings (SSSR count). The topological polar surface area (TPSA) is 81.1 Å². The van der Waals surface area contributed by atoms with Crippen LogP contribution in [0.1, 0.15) is 38.3 Å². The second kappa shape index (κ2) is 5.10. The van der Waals surface area contributed by atoms with Gasteiger partial charge in [-0.05, 0) is 38.1 Å². The Kier molecular flexibility index (Phi) is 3.71. The summed E-state index contributed by atoms with van der Waals surface area (Å²) in [6, 6.07) is 0. The minimum Gasteiger partial charge on any atom is -0.481 e. The third kappa shape index (κ3) is 2.14. The molecule has 0 spiro atoms. The molecule has 100 valence electrons. The first-order valence-electron chi connectivity index (χ1n) is 6.60. The van der Waals surface area contributed by atoms with E-state index in [1.807, 2.05) is 10.8 Å². The molecule has 0 unspecified atom stereocenters. The van der Waals surface area contributed by atoms with Crippen molar-refractivity contribution in [3.05, 3.63) is 18.2 Å². The Bertz CT molecular complexity index is 430. The van der Waals surface area contributed by atoms with Crippen molar-refractivity contribution >= 4 is 5.97 Å². The molecule has 1 saturated carbocycles. The van der Waals surface area contributed by atoms with Gasteiger partial charge in [0.25, 0.3) is 0 Å². The van der Waals surface area contributed by atoms with Crippen LogP contribution < -0.4 is 5.73 Å². The monoisotopic (exact) mass is 251 g/mol. The maximum Gasteiger partial charge on any atom is 0.316 e. The lowest BCUT2D eigenvalue weighted by molar-refractivity contribution is -0.140. The number of aliphatic carboxylic acids is 1. The van der Waals surface area contributed by atoms with Crippen LogP contribution in [0.4, 0.5) is 0 Å². The number of aromatic nitrogens is 2. The molecule has 1 heterocycles. The van der Waals surface area contributed by atoms with E-state index in [4.69, 9.17) is 5.73 Å². The molecule has 1 aliphatic carbocycles. The largest absolute Gasteiger partial charge is 0.481 e. The molecule has 5 nitrogen and oxygen atoms in total. The summed E-state index contributed by atoms with van der Waals surface area (Å²) in [6.07, 6.45) is 7.11. The SMILES string of the molecule is CCCn1cnc([C@@]2(C(=O)O)C[C@@H]2CCCN)c1. The Morgan fingerprint density at radius 3 is 3.11 bits per heavy atom. The predicted molar refractivity (Wildman–Crippen MR) is 68.2 cm³/mol. The average Bonchev–Trinajstić information content (AvgIpc) is 2.90. The van der Waals surface area contributed by atoms with Crippen LogP contribution in [0.2, 0.25) is 0 Å². The second-order valence-corrected chi connectivity index (χ2v) is 5.11. The Morgan fingerprint density at radius 2 is 2.50 bits per heavy atom. The highest BCUT2D eigenvalue weighted by Gasteiger charge is 2.62. The van der Waals surface area contributed by atoms with Gasteiger partial charge in [0.05, 0.1) is 12.0 Å². The first-order valence-corrected chi connectivity index (χ1v) is 6.60. The highest BCUT2D eigenvalue weighted by molar-refractivity contribution is 5.85. The van der Waals surface area contributed by atoms with Crippen molar-refractivity contribution in [3.63, 3.8) is 0 Å². The van der Waals surface area contributed by atoms with Gasteiger partial charge < -0.3 is 15.4 Å². The first-order chi connectivity index (χ1) is 8.65. The quantitative estimate of drug-likeness (QED) is 0.767. The van der Waals surface area contributed by atoms with E-state index in [1.165, 1.54) is 0 Å². The van der Waals surface area contributed by atoms with E-state index in [9.17, 15) is 9.90 Å². The van der Waals surface area contributed by atoms with Gasteiger partial charge in [-0.2, -0.15) is 0 Å². The lowest BCUT2D eigenvalue weighted by Crippen LogP contribution is -2.23. The van der Waals surface area contributed by atoms with Gasteiger partial charge in [0.15, 0.2) is 0 Å². The number of hydrogen-bond acceptors (Lipinski definition) is 3. The molecular formula is C13H21N3O2. The second-order valence-electron chi connectivity index (χ2n) is 5.11. The minimum atomic E-state index is -0.744. The fourth-order valence-electron chi connectivity index (χ4n) is 2.70. The van der Waals surface area contributed by atoms with E-state index in [0.29, 0.717) is 18.7 Å². The molecule has 0 saturated heterocycles. The molecule has 0 bridgehead atoms. The van der Waals surface area contributed by atoms with Crippen LogP contribution in [-0.2, 0) is 16.8 Å². The van der Waals surface area contributed by atoms with Crippen LogP contribution in [0.5, 0.6) is 0 Å². The number of carboxylic acids is 1. The smallest absolute Gasteiger partial charge is 0.316 e. The van der Waals surface area contributed by atoms with Crippen molar-refractivity contribution in [2.45, 2.75) is 44.6 Å². The van der Waals surface area contributed by atoms with Crippen LogP contribution >= 0.6 is 0 Å². The number of carbonyl (C=O) groups is 1. The van der Waals surface area contributed by atoms with Gasteiger partial charge >= 0.3 is 5.97 Å². The van der Waals surface area contributed by atoms with E-state index in [2.05, 4.69) is 11.9 Å². The third-order valence-electron chi connectivity index (χ3n) is 3.82. The molecule has 1 aromatic heterocycles. The molecular weight excluding hydrogens is 230 g/mol. The number of hydrogen-bond donors (Lipinski definition) is 2. The van der Waals surface area contributed by atoms with Crippen LogP contribution in [0.15, 0.2) is 12.5 Å². The summed E-state index contributed by atoms with van der Waals surface area (Å²) in [5.74, 6) is -0.546. The van der Waals surface area contributed by atoms with Crippen molar-refractivity contribution < 1.29 is 9.90 Å². The number of aryl methyl sites for hydroxylation is 1. The summed E-state index contributed by atoms with van der Waals surface area (Å²) in [7, 11) is 0. The van der Waals surface area contributed by atoms with Crippen molar-refractivity contribution in [1.82, 2.24) is 9.55 Å². The lowest BCUT2D eigenvalue weighted by atomic mass is 9.98. The molecule has 0 aliphatic heterocycles. The number of carboxylic acid groups (broad SMARTS) is 1. The molecule has 1 aliphatic rings. The predicted octanol–water partition coefficient (Wildman–Crippen LogP) is 1.37. The zero-order chi connectivity index (χ0) is 13.2. The number of imidazole rings is 1. The third-order valence-corrected chi connectivity index (χ3v) is 3.82. The van der Waals surface area contributed by atoms with Gasteiger partial charge in [-0.15, -0.1) is 0 Å². The maximum atomic E-state index is 11.5. The summed E-state index contributed by atoms with van der Waals surface area (Å²) >= 11 is 0. The standard InChI is InChI=1S/C13H21N3O2/c1-2-6-16-8-11(15-9-16)13(12(17)18)7-10(13)4-3-5-14/h8-10H,2-7,14H2,1H3,(H,17,18)/t10-,13+/m0/s1. The summed E-state index contributed by atoms with van der Waals surface area (Å²) < 4.78 is 1.97. The Balaban J connectivity index is 2.14. The van der Waals surface area contributed by atoms with Gasteiger partial charge in [0.1, 0.15) is 5.41 Å². The number of nitrogens with two attached hydrogens (primary N) is 1. The van der Waals surface area contributed by atoms with E-state index in [-0.39, 0.29) is 5.92 Å². The van der Waals surface area contributed by atoms with Gasteiger partial charge in [-0.3, -0.25) is 4.79 Å². The maximum absolute atomic E-state index is 11.5. The van der Waals surface area contributed by atoms with Crippen molar-refractivity contribution in [2.75, 3.05) is 6.54 Å². The van der Waals surface area contributed by atoms with Gasteiger partial charge in [-0.1, -0.05) is 6.92 Å². The molecule has 0 amide bonds. The van der Waals surface area contributed by atoms with Crippen LogP contribution in [-0.4, -0.2) is 27.2 Å². The molecule has 3 N–H and O–H groups in total. The van der Waals surface area contributed by atoms with Crippen molar-refractivity contribution in [1.29, 1.82) is 0 Å². The van der Waals surface area contributed by atoms with Crippen LogP contribution in [0.25, 0.3) is 0 Å². The summed E-state index contributed by atoms with van der Waals surface area (Å²) in [6.45, 7) is 3.60. The van der Waals surface area contributed by atoms with Crippen LogP contribution in [0, 0.1) is 5.92 Å². The fraction of sp³-hybridized carbons (Fsp3) is 0.692. The van der Waals surface area contributed by atoms with Crippen molar-refractivity contribution in [2.24, 2.45) is 11.7 Å². The van der Waals surface area contributed by atoms with Crippen molar-refractivity contribution in [3.8, 4) is 0 Å². The molecule has 0 radical (unpaired) electrons. The van der Waals surface area contributed by atoms with Gasteiger partial charge in [-0.25, -0.2) is 4.98 Å². The summed E-state index contributed by atoms with van der Waals surface area (Å²) in [5.41, 5.74) is 5.46. The minimum absolute atomic E-state index is 0.198. The fourth-order valence-corrected chi connectivity index (χ4v) is 2.70. The van der Waals surface area contributed by atoms with Gasteiger partial charge in [0, 0.05) is 12.7 Å². The average molecular weight is 251 g/mol. The molecule has 1 aromatic rings. The normalized spacial score (nSPS) is 26.2. The van der Waals surface area contributed by atoms with E-state index >= 15 is 0 Å². The highest BCUT2D eigenvalue weighted by atomic mass is 16.4. The van der Waals surface area contributed by atoms with E-state index in [1.54, 1.807) is 6.33 Å². The highest BCUT2D eigenvalue weighted by Crippen LogP contribution is 2.56. The Hall–Kier alpha value is -1.36. The Labute approximate surface area is 107 Å².